The number of thiocarbonyl (C=S) groups is 1. The Kier molecular flexibility index (Phi) is 4.76. The predicted molar refractivity (Wildman–Crippen MR) is 97.0 cm³/mol. The lowest BCUT2D eigenvalue weighted by Crippen LogP contribution is -2.34. The number of pyridine rings is 1. The highest BCUT2D eigenvalue weighted by Gasteiger charge is 2.21. The summed E-state index contributed by atoms with van der Waals surface area (Å²) in [5.74, 6) is 1.68. The van der Waals surface area contributed by atoms with Crippen molar-refractivity contribution in [3.05, 3.63) is 53.2 Å². The maximum Gasteiger partial charge on any atom is 0.172 e. The van der Waals surface area contributed by atoms with Gasteiger partial charge in [0.1, 0.15) is 11.6 Å². The van der Waals surface area contributed by atoms with Crippen LogP contribution in [0.2, 0.25) is 0 Å². The molecule has 0 bridgehead atoms. The van der Waals surface area contributed by atoms with Gasteiger partial charge in [-0.25, -0.2) is 4.98 Å². The van der Waals surface area contributed by atoms with Gasteiger partial charge in [-0.05, 0) is 73.8 Å². The van der Waals surface area contributed by atoms with Crippen LogP contribution in [0.4, 0.5) is 5.82 Å². The highest BCUT2D eigenvalue weighted by atomic mass is 32.1. The number of fused-ring (bicyclic) bond motifs is 1. The number of anilines is 1. The molecule has 0 saturated carbocycles. The summed E-state index contributed by atoms with van der Waals surface area (Å²) in [5.41, 5.74) is 3.61. The van der Waals surface area contributed by atoms with E-state index in [1.807, 2.05) is 31.2 Å². The van der Waals surface area contributed by atoms with Crippen LogP contribution in [-0.2, 0) is 6.42 Å². The van der Waals surface area contributed by atoms with E-state index in [9.17, 15) is 0 Å². The smallest absolute Gasteiger partial charge is 0.172 e. The first kappa shape index (κ1) is 15.7. The zero-order valence-corrected chi connectivity index (χ0v) is 14.2. The molecule has 0 fully saturated rings. The van der Waals surface area contributed by atoms with Gasteiger partial charge in [-0.2, -0.15) is 0 Å². The van der Waals surface area contributed by atoms with Gasteiger partial charge >= 0.3 is 0 Å². The van der Waals surface area contributed by atoms with Crippen molar-refractivity contribution < 1.29 is 4.74 Å². The maximum atomic E-state index is 5.45. The molecule has 0 spiro atoms. The molecule has 2 aromatic rings. The van der Waals surface area contributed by atoms with Crippen molar-refractivity contribution in [1.29, 1.82) is 0 Å². The molecular weight excluding hydrogens is 306 g/mol. The van der Waals surface area contributed by atoms with Gasteiger partial charge < -0.3 is 15.4 Å². The number of hydrogen-bond donors (Lipinski definition) is 2. The van der Waals surface area contributed by atoms with Gasteiger partial charge in [-0.3, -0.25) is 0 Å². The Labute approximate surface area is 142 Å². The molecule has 120 valence electrons. The topological polar surface area (TPSA) is 46.2 Å². The molecule has 1 aliphatic carbocycles. The lowest BCUT2D eigenvalue weighted by atomic mass is 9.87. The molecule has 23 heavy (non-hydrogen) atoms. The molecule has 0 saturated heterocycles. The fraction of sp³-hybridized carbons (Fsp3) is 0.333. The first-order valence-corrected chi connectivity index (χ1v) is 8.24. The first-order valence-electron chi connectivity index (χ1n) is 7.83. The normalized spacial score (nSPS) is 16.3. The molecule has 4 nitrogen and oxygen atoms in total. The molecule has 1 unspecified atom stereocenters. The van der Waals surface area contributed by atoms with E-state index in [1.165, 1.54) is 11.1 Å². The molecule has 1 atom stereocenters. The van der Waals surface area contributed by atoms with E-state index in [0.29, 0.717) is 5.11 Å². The average molecular weight is 327 g/mol. The standard InChI is InChI=1S/C18H21N3OS/c1-12-5-3-8-17(19-12)21-18(23)20-16-7-4-6-13-11-14(22-2)9-10-15(13)16/h3,5,8-11,16H,4,6-7H2,1-2H3,(H2,19,20,21,23). The van der Waals surface area contributed by atoms with Crippen LogP contribution in [0.5, 0.6) is 5.75 Å². The lowest BCUT2D eigenvalue weighted by Gasteiger charge is -2.28. The molecule has 1 aromatic carbocycles. The Bertz CT molecular complexity index is 717. The van der Waals surface area contributed by atoms with E-state index in [-0.39, 0.29) is 6.04 Å². The number of methoxy groups -OCH3 is 1. The highest BCUT2D eigenvalue weighted by Crippen LogP contribution is 2.32. The second-order valence-electron chi connectivity index (χ2n) is 5.77. The van der Waals surface area contributed by atoms with Crippen molar-refractivity contribution in [2.45, 2.75) is 32.2 Å². The summed E-state index contributed by atoms with van der Waals surface area (Å²) in [4.78, 5) is 4.42. The fourth-order valence-electron chi connectivity index (χ4n) is 2.99. The van der Waals surface area contributed by atoms with Crippen LogP contribution < -0.4 is 15.4 Å². The molecule has 1 aliphatic rings. The molecular formula is C18H21N3OS. The van der Waals surface area contributed by atoms with Crippen LogP contribution in [0.25, 0.3) is 0 Å². The van der Waals surface area contributed by atoms with Crippen molar-refractivity contribution >= 4 is 23.1 Å². The van der Waals surface area contributed by atoms with Gasteiger partial charge in [0, 0.05) is 5.69 Å². The Balaban J connectivity index is 1.70. The minimum Gasteiger partial charge on any atom is -0.497 e. The van der Waals surface area contributed by atoms with Crippen LogP contribution in [0.1, 0.15) is 35.7 Å². The summed E-state index contributed by atoms with van der Waals surface area (Å²) in [6.45, 7) is 1.96. The minimum absolute atomic E-state index is 0.231. The molecule has 1 aromatic heterocycles. The van der Waals surface area contributed by atoms with Gasteiger partial charge in [0.25, 0.3) is 0 Å². The number of nitrogens with zero attached hydrogens (tertiary/aromatic N) is 1. The third-order valence-corrected chi connectivity index (χ3v) is 4.32. The Morgan fingerprint density at radius 1 is 1.30 bits per heavy atom. The SMILES string of the molecule is COc1ccc2c(c1)CCCC2NC(=S)Nc1cccc(C)n1. The quantitative estimate of drug-likeness (QED) is 0.841. The fourth-order valence-corrected chi connectivity index (χ4v) is 3.24. The number of aromatic nitrogens is 1. The third-order valence-electron chi connectivity index (χ3n) is 4.10. The zero-order chi connectivity index (χ0) is 16.2. The van der Waals surface area contributed by atoms with Gasteiger partial charge in [-0.15, -0.1) is 0 Å². The molecule has 1 heterocycles. The summed E-state index contributed by atoms with van der Waals surface area (Å²) < 4.78 is 5.32. The van der Waals surface area contributed by atoms with Crippen LogP contribution >= 0.6 is 12.2 Å². The Hall–Kier alpha value is -2.14. The summed E-state index contributed by atoms with van der Waals surface area (Å²) >= 11 is 5.45. The van der Waals surface area contributed by atoms with E-state index in [4.69, 9.17) is 17.0 Å². The van der Waals surface area contributed by atoms with E-state index in [1.54, 1.807) is 7.11 Å². The molecule has 5 heteroatoms. The highest BCUT2D eigenvalue weighted by molar-refractivity contribution is 7.80. The Morgan fingerprint density at radius 3 is 2.96 bits per heavy atom. The van der Waals surface area contributed by atoms with Crippen molar-refractivity contribution in [2.24, 2.45) is 0 Å². The molecule has 3 rings (SSSR count). The monoisotopic (exact) mass is 327 g/mol. The van der Waals surface area contributed by atoms with E-state index < -0.39 is 0 Å². The van der Waals surface area contributed by atoms with Crippen molar-refractivity contribution in [2.75, 3.05) is 12.4 Å². The number of benzene rings is 1. The second-order valence-corrected chi connectivity index (χ2v) is 6.18. The van der Waals surface area contributed by atoms with E-state index >= 15 is 0 Å². The van der Waals surface area contributed by atoms with Crippen LogP contribution in [0, 0.1) is 6.92 Å². The predicted octanol–water partition coefficient (Wildman–Crippen LogP) is 3.76. The van der Waals surface area contributed by atoms with Gasteiger partial charge in [0.05, 0.1) is 13.2 Å². The van der Waals surface area contributed by atoms with E-state index in [2.05, 4.69) is 27.8 Å². The van der Waals surface area contributed by atoms with Crippen molar-refractivity contribution in [1.82, 2.24) is 10.3 Å². The van der Waals surface area contributed by atoms with Gasteiger partial charge in [0.15, 0.2) is 5.11 Å². The number of rotatable bonds is 3. The van der Waals surface area contributed by atoms with Crippen LogP contribution in [0.3, 0.4) is 0 Å². The van der Waals surface area contributed by atoms with Crippen LogP contribution in [0.15, 0.2) is 36.4 Å². The summed E-state index contributed by atoms with van der Waals surface area (Å²) in [5, 5.41) is 7.20. The Morgan fingerprint density at radius 2 is 2.17 bits per heavy atom. The van der Waals surface area contributed by atoms with E-state index in [0.717, 1.165) is 36.5 Å². The summed E-state index contributed by atoms with van der Waals surface area (Å²) in [7, 11) is 1.70. The lowest BCUT2D eigenvalue weighted by molar-refractivity contribution is 0.412. The maximum absolute atomic E-state index is 5.45. The number of hydrogen-bond acceptors (Lipinski definition) is 3. The summed E-state index contributed by atoms with van der Waals surface area (Å²) in [6.07, 6.45) is 3.30. The van der Waals surface area contributed by atoms with Crippen LogP contribution in [-0.4, -0.2) is 17.2 Å². The third kappa shape index (κ3) is 3.79. The number of aryl methyl sites for hydroxylation is 2. The molecule has 2 N–H and O–H groups in total. The minimum atomic E-state index is 0.231. The molecule has 0 aliphatic heterocycles. The first-order chi connectivity index (χ1) is 11.2. The van der Waals surface area contributed by atoms with Gasteiger partial charge in [-0.1, -0.05) is 12.1 Å². The number of ether oxygens (including phenoxy) is 1. The van der Waals surface area contributed by atoms with Gasteiger partial charge in [0.2, 0.25) is 0 Å². The van der Waals surface area contributed by atoms with Crippen molar-refractivity contribution in [3.8, 4) is 5.75 Å². The second kappa shape index (κ2) is 6.96. The largest absolute Gasteiger partial charge is 0.497 e. The number of nitrogens with one attached hydrogen (secondary N) is 2. The van der Waals surface area contributed by atoms with Crippen molar-refractivity contribution in [3.63, 3.8) is 0 Å². The molecule has 0 radical (unpaired) electrons. The molecule has 0 amide bonds. The zero-order valence-electron chi connectivity index (χ0n) is 13.4. The average Bonchev–Trinajstić information content (AvgIpc) is 2.54. The summed E-state index contributed by atoms with van der Waals surface area (Å²) in [6, 6.07) is 12.4.